The third kappa shape index (κ3) is 3.68. The number of hydrogen-bond acceptors (Lipinski definition) is 1. The SMILES string of the molecule is CC(C)(C)c1ccc(Oc2cc(Cl)ccc2CCl)cc1. The summed E-state index contributed by atoms with van der Waals surface area (Å²) in [6, 6.07) is 13.6. The molecule has 1 nitrogen and oxygen atoms in total. The van der Waals surface area contributed by atoms with Gasteiger partial charge < -0.3 is 4.74 Å². The number of hydrogen-bond donors (Lipinski definition) is 0. The van der Waals surface area contributed by atoms with Crippen molar-refractivity contribution in [3.63, 3.8) is 0 Å². The summed E-state index contributed by atoms with van der Waals surface area (Å²) in [5.41, 5.74) is 2.33. The van der Waals surface area contributed by atoms with Crippen molar-refractivity contribution in [3.8, 4) is 11.5 Å². The molecule has 2 rings (SSSR count). The third-order valence-corrected chi connectivity index (χ3v) is 3.64. The van der Waals surface area contributed by atoms with Crippen LogP contribution in [0.1, 0.15) is 31.9 Å². The molecule has 0 aliphatic carbocycles. The molecule has 2 aromatic rings. The van der Waals surface area contributed by atoms with Crippen molar-refractivity contribution in [3.05, 3.63) is 58.6 Å². The highest BCUT2D eigenvalue weighted by Crippen LogP contribution is 2.31. The van der Waals surface area contributed by atoms with Gasteiger partial charge in [0.25, 0.3) is 0 Å². The fraction of sp³-hybridized carbons (Fsp3) is 0.294. The standard InChI is InChI=1S/C17H18Cl2O/c1-17(2,3)13-5-8-15(9-6-13)20-16-10-14(19)7-4-12(16)11-18/h4-10H,11H2,1-3H3. The molecular formula is C17H18Cl2O. The first-order chi connectivity index (χ1) is 9.40. The summed E-state index contributed by atoms with van der Waals surface area (Å²) in [6.45, 7) is 6.56. The molecule has 0 saturated heterocycles. The highest BCUT2D eigenvalue weighted by molar-refractivity contribution is 6.30. The van der Waals surface area contributed by atoms with Crippen molar-refractivity contribution in [2.24, 2.45) is 0 Å². The Morgan fingerprint density at radius 1 is 1.00 bits per heavy atom. The van der Waals surface area contributed by atoms with E-state index in [1.807, 2.05) is 24.3 Å². The predicted molar refractivity (Wildman–Crippen MR) is 86.2 cm³/mol. The van der Waals surface area contributed by atoms with E-state index >= 15 is 0 Å². The smallest absolute Gasteiger partial charge is 0.133 e. The number of halogens is 2. The molecule has 0 bridgehead atoms. The summed E-state index contributed by atoms with van der Waals surface area (Å²) in [5, 5.41) is 0.639. The lowest BCUT2D eigenvalue weighted by atomic mass is 9.87. The van der Waals surface area contributed by atoms with Crippen molar-refractivity contribution in [2.75, 3.05) is 0 Å². The topological polar surface area (TPSA) is 9.23 Å². The molecule has 0 fully saturated rings. The minimum absolute atomic E-state index is 0.135. The molecule has 0 aromatic heterocycles. The van der Waals surface area contributed by atoms with Crippen LogP contribution >= 0.6 is 23.2 Å². The maximum absolute atomic E-state index is 6.00. The van der Waals surface area contributed by atoms with Crippen LogP contribution in [0, 0.1) is 0 Å². The quantitative estimate of drug-likeness (QED) is 0.616. The fourth-order valence-electron chi connectivity index (χ4n) is 1.88. The number of ether oxygens (including phenoxy) is 1. The average Bonchev–Trinajstić information content (AvgIpc) is 2.38. The van der Waals surface area contributed by atoms with Crippen LogP contribution in [0.4, 0.5) is 0 Å². The van der Waals surface area contributed by atoms with Crippen LogP contribution in [0.15, 0.2) is 42.5 Å². The summed E-state index contributed by atoms with van der Waals surface area (Å²) < 4.78 is 5.88. The first-order valence-corrected chi connectivity index (χ1v) is 7.44. The summed E-state index contributed by atoms with van der Waals surface area (Å²) in [7, 11) is 0. The Labute approximate surface area is 130 Å². The molecule has 0 spiro atoms. The largest absolute Gasteiger partial charge is 0.457 e. The number of alkyl halides is 1. The van der Waals surface area contributed by atoms with E-state index in [-0.39, 0.29) is 5.41 Å². The summed E-state index contributed by atoms with van der Waals surface area (Å²) >= 11 is 11.9. The molecule has 0 amide bonds. The molecule has 0 radical (unpaired) electrons. The monoisotopic (exact) mass is 308 g/mol. The van der Waals surface area contributed by atoms with Crippen molar-refractivity contribution >= 4 is 23.2 Å². The molecule has 3 heteroatoms. The van der Waals surface area contributed by atoms with E-state index in [2.05, 4.69) is 32.9 Å². The molecule has 106 valence electrons. The van der Waals surface area contributed by atoms with Crippen LogP contribution in [0.25, 0.3) is 0 Å². The van der Waals surface area contributed by atoms with Gasteiger partial charge in [-0.3, -0.25) is 0 Å². The van der Waals surface area contributed by atoms with E-state index in [0.717, 1.165) is 11.3 Å². The van der Waals surface area contributed by atoms with Gasteiger partial charge in [-0.1, -0.05) is 50.6 Å². The highest BCUT2D eigenvalue weighted by Gasteiger charge is 2.13. The van der Waals surface area contributed by atoms with Gasteiger partial charge in [0, 0.05) is 10.6 Å². The maximum atomic E-state index is 6.00. The van der Waals surface area contributed by atoms with Gasteiger partial charge in [-0.25, -0.2) is 0 Å². The number of benzene rings is 2. The van der Waals surface area contributed by atoms with Crippen molar-refractivity contribution < 1.29 is 4.74 Å². The van der Waals surface area contributed by atoms with Gasteiger partial charge in [0.1, 0.15) is 11.5 Å². The molecule has 0 heterocycles. The summed E-state index contributed by atoms with van der Waals surface area (Å²) in [5.74, 6) is 1.88. The Kier molecular flexibility index (Phi) is 4.62. The molecule has 0 unspecified atom stereocenters. The Morgan fingerprint density at radius 2 is 1.65 bits per heavy atom. The Morgan fingerprint density at radius 3 is 2.20 bits per heavy atom. The van der Waals surface area contributed by atoms with Gasteiger partial charge in [0.15, 0.2) is 0 Å². The van der Waals surface area contributed by atoms with Gasteiger partial charge in [0.2, 0.25) is 0 Å². The minimum Gasteiger partial charge on any atom is -0.457 e. The second-order valence-electron chi connectivity index (χ2n) is 5.76. The van der Waals surface area contributed by atoms with Crippen molar-refractivity contribution in [2.45, 2.75) is 32.1 Å². The maximum Gasteiger partial charge on any atom is 0.133 e. The van der Waals surface area contributed by atoms with E-state index in [1.165, 1.54) is 5.56 Å². The van der Waals surface area contributed by atoms with Gasteiger partial charge in [-0.2, -0.15) is 0 Å². The molecule has 0 saturated carbocycles. The van der Waals surface area contributed by atoms with Crippen LogP contribution in [-0.2, 0) is 11.3 Å². The van der Waals surface area contributed by atoms with Gasteiger partial charge in [0.05, 0.1) is 5.88 Å². The molecule has 0 aliphatic rings. The van der Waals surface area contributed by atoms with Gasteiger partial charge >= 0.3 is 0 Å². The first kappa shape index (κ1) is 15.2. The lowest BCUT2D eigenvalue weighted by Gasteiger charge is -2.19. The lowest BCUT2D eigenvalue weighted by molar-refractivity contribution is 0.477. The Hall–Kier alpha value is -1.18. The lowest BCUT2D eigenvalue weighted by Crippen LogP contribution is -2.10. The van der Waals surface area contributed by atoms with E-state index in [4.69, 9.17) is 27.9 Å². The van der Waals surface area contributed by atoms with E-state index in [9.17, 15) is 0 Å². The predicted octanol–water partition coefficient (Wildman–Crippen LogP) is 6.17. The minimum atomic E-state index is 0.135. The molecule has 20 heavy (non-hydrogen) atoms. The fourth-order valence-corrected chi connectivity index (χ4v) is 2.27. The molecule has 0 aliphatic heterocycles. The molecule has 2 aromatic carbocycles. The van der Waals surface area contributed by atoms with Crippen LogP contribution in [0.2, 0.25) is 5.02 Å². The zero-order valence-corrected chi connectivity index (χ0v) is 13.4. The van der Waals surface area contributed by atoms with Crippen LogP contribution in [0.5, 0.6) is 11.5 Å². The van der Waals surface area contributed by atoms with Gasteiger partial charge in [-0.15, -0.1) is 11.6 Å². The highest BCUT2D eigenvalue weighted by atomic mass is 35.5. The van der Waals surface area contributed by atoms with E-state index < -0.39 is 0 Å². The second-order valence-corrected chi connectivity index (χ2v) is 6.47. The summed E-state index contributed by atoms with van der Waals surface area (Å²) in [4.78, 5) is 0. The Balaban J connectivity index is 2.24. The normalized spacial score (nSPS) is 11.4. The third-order valence-electron chi connectivity index (χ3n) is 3.12. The second kappa shape index (κ2) is 6.07. The van der Waals surface area contributed by atoms with Crippen LogP contribution in [-0.4, -0.2) is 0 Å². The Bertz CT molecular complexity index is 583. The average molecular weight is 309 g/mol. The molecule has 0 atom stereocenters. The zero-order valence-electron chi connectivity index (χ0n) is 11.9. The van der Waals surface area contributed by atoms with Crippen molar-refractivity contribution in [1.82, 2.24) is 0 Å². The van der Waals surface area contributed by atoms with E-state index in [1.54, 1.807) is 6.07 Å². The van der Waals surface area contributed by atoms with Crippen LogP contribution < -0.4 is 4.74 Å². The first-order valence-electron chi connectivity index (χ1n) is 6.53. The zero-order chi connectivity index (χ0) is 14.8. The molecular weight excluding hydrogens is 291 g/mol. The number of rotatable bonds is 3. The van der Waals surface area contributed by atoms with Crippen LogP contribution in [0.3, 0.4) is 0 Å². The molecule has 0 N–H and O–H groups in total. The van der Waals surface area contributed by atoms with Gasteiger partial charge in [-0.05, 0) is 35.2 Å². The summed E-state index contributed by atoms with van der Waals surface area (Å²) in [6.07, 6.45) is 0. The van der Waals surface area contributed by atoms with Crippen molar-refractivity contribution in [1.29, 1.82) is 0 Å². The van der Waals surface area contributed by atoms with E-state index in [0.29, 0.717) is 16.7 Å².